The number of hydrogen-bond donors (Lipinski definition) is 0. The van der Waals surface area contributed by atoms with Crippen molar-refractivity contribution >= 4 is 11.9 Å². The highest BCUT2D eigenvalue weighted by atomic mass is 16.7. The summed E-state index contributed by atoms with van der Waals surface area (Å²) in [6.07, 6.45) is 9.28. The van der Waals surface area contributed by atoms with E-state index in [4.69, 9.17) is 28.4 Å². The second-order valence-electron chi connectivity index (χ2n) is 15.7. The lowest BCUT2D eigenvalue weighted by Crippen LogP contribution is -2.13. The molecule has 0 bridgehead atoms. The van der Waals surface area contributed by atoms with Gasteiger partial charge in [0, 0.05) is 12.2 Å². The Hall–Kier alpha value is -5.44. The minimum absolute atomic E-state index is 0.0518. The predicted molar refractivity (Wildman–Crippen MR) is 242 cm³/mol. The fraction of sp³-hybridized carbons (Fsp3) is 0.396. The largest absolute Gasteiger partial charge is 0.494 e. The van der Waals surface area contributed by atoms with Crippen molar-refractivity contribution in [2.24, 2.45) is 5.92 Å². The van der Waals surface area contributed by atoms with Crippen LogP contribution in [0.5, 0.6) is 23.0 Å². The summed E-state index contributed by atoms with van der Waals surface area (Å²) in [6.45, 7) is 10.7. The van der Waals surface area contributed by atoms with E-state index in [0.29, 0.717) is 71.5 Å². The fourth-order valence-electron chi connectivity index (χ4n) is 7.36. The minimum Gasteiger partial charge on any atom is -0.494 e. The average molecular weight is 829 g/mol. The number of unbranched alkanes of at least 4 members (excludes halogenated alkanes) is 2. The van der Waals surface area contributed by atoms with E-state index in [1.807, 2.05) is 0 Å². The molecule has 0 amide bonds. The molecule has 5 aromatic rings. The Labute approximate surface area is 363 Å². The molecule has 8 nitrogen and oxygen atoms in total. The van der Waals surface area contributed by atoms with Crippen LogP contribution in [-0.4, -0.2) is 38.6 Å². The predicted octanol–water partition coefficient (Wildman–Crippen LogP) is 13.1. The molecular weight excluding hydrogens is 765 g/mol. The maximum atomic E-state index is 13.3. The minimum atomic E-state index is -0.530. The van der Waals surface area contributed by atoms with Crippen molar-refractivity contribution in [2.75, 3.05) is 26.6 Å². The number of carbonyl (C=O) groups excluding carboxylic acids is 2. The van der Waals surface area contributed by atoms with E-state index in [2.05, 4.69) is 88.4 Å². The second kappa shape index (κ2) is 26.0. The molecule has 0 saturated heterocycles. The lowest BCUT2D eigenvalue weighted by Gasteiger charge is -2.26. The molecule has 61 heavy (non-hydrogen) atoms. The van der Waals surface area contributed by atoms with E-state index < -0.39 is 11.9 Å². The van der Waals surface area contributed by atoms with Crippen LogP contribution in [0.15, 0.2) is 127 Å². The van der Waals surface area contributed by atoms with Gasteiger partial charge in [-0.2, -0.15) is 0 Å². The first-order valence-electron chi connectivity index (χ1n) is 22.1. The van der Waals surface area contributed by atoms with Gasteiger partial charge in [0.15, 0.2) is 0 Å². The Morgan fingerprint density at radius 1 is 0.557 bits per heavy atom. The number of hydrogen-bond acceptors (Lipinski definition) is 8. The first-order chi connectivity index (χ1) is 29.9. The molecule has 0 aliphatic rings. The van der Waals surface area contributed by atoms with Gasteiger partial charge < -0.3 is 28.4 Å². The zero-order valence-electron chi connectivity index (χ0n) is 36.5. The van der Waals surface area contributed by atoms with Crippen molar-refractivity contribution in [3.8, 4) is 23.0 Å². The Morgan fingerprint density at radius 2 is 1.11 bits per heavy atom. The van der Waals surface area contributed by atoms with Crippen LogP contribution >= 0.6 is 0 Å². The van der Waals surface area contributed by atoms with Crippen molar-refractivity contribution < 1.29 is 38.0 Å². The third-order valence-electron chi connectivity index (χ3n) is 10.9. The van der Waals surface area contributed by atoms with Crippen LogP contribution in [-0.2, 0) is 16.1 Å². The van der Waals surface area contributed by atoms with E-state index >= 15 is 0 Å². The molecule has 3 unspecified atom stereocenters. The van der Waals surface area contributed by atoms with Crippen LogP contribution in [0.1, 0.15) is 135 Å². The fourth-order valence-corrected chi connectivity index (χ4v) is 7.36. The van der Waals surface area contributed by atoms with Crippen molar-refractivity contribution in [2.45, 2.75) is 104 Å². The van der Waals surface area contributed by atoms with Crippen molar-refractivity contribution in [1.82, 2.24) is 0 Å². The van der Waals surface area contributed by atoms with E-state index in [9.17, 15) is 9.59 Å². The topological polar surface area (TPSA) is 89.5 Å². The number of esters is 2. The molecule has 0 spiro atoms. The summed E-state index contributed by atoms with van der Waals surface area (Å²) in [5.41, 5.74) is 4.07. The first kappa shape index (κ1) is 46.6. The molecule has 0 heterocycles. The molecule has 0 radical (unpaired) electrons. The summed E-state index contributed by atoms with van der Waals surface area (Å²) in [5.74, 6) is 2.43. The van der Waals surface area contributed by atoms with Gasteiger partial charge in [-0.05, 0) is 141 Å². The maximum absolute atomic E-state index is 13.3. The van der Waals surface area contributed by atoms with Gasteiger partial charge in [-0.1, -0.05) is 101 Å². The smallest absolute Gasteiger partial charge is 0.343 e. The van der Waals surface area contributed by atoms with Crippen LogP contribution in [0, 0.1) is 5.92 Å². The number of rotatable bonds is 27. The molecule has 3 atom stereocenters. The highest BCUT2D eigenvalue weighted by Gasteiger charge is 2.21. The Morgan fingerprint density at radius 3 is 1.69 bits per heavy atom. The summed E-state index contributed by atoms with van der Waals surface area (Å²) in [4.78, 5) is 26.4. The number of carbonyl (C=O) groups is 2. The third-order valence-corrected chi connectivity index (χ3v) is 10.9. The standard InChI is InChI=1S/C53H64O8/c1-5-8-33-58-48-26-22-45(23-27-48)52(54)60-50-30-31-51(61-53(55)46-24-28-49(29-25-46)59-34-9-6-2)47(37-50)38-57-39-56-32-16-17-41(35-40(4)43-18-12-10-13-19-43)36-42(7-3)44-20-14-11-15-21-44/h10-15,18-31,37,40-42H,5-9,16-17,32-36,38-39H2,1-4H3. The van der Waals surface area contributed by atoms with Crippen LogP contribution < -0.4 is 18.9 Å². The normalized spacial score (nSPS) is 12.6. The van der Waals surface area contributed by atoms with Crippen molar-refractivity contribution in [1.29, 1.82) is 0 Å². The van der Waals surface area contributed by atoms with E-state index in [1.165, 1.54) is 11.1 Å². The summed E-state index contributed by atoms with van der Waals surface area (Å²) in [7, 11) is 0. The van der Waals surface area contributed by atoms with Gasteiger partial charge >= 0.3 is 11.9 Å². The molecule has 0 aliphatic heterocycles. The van der Waals surface area contributed by atoms with Gasteiger partial charge in [-0.15, -0.1) is 0 Å². The highest BCUT2D eigenvalue weighted by Crippen LogP contribution is 2.35. The average Bonchev–Trinajstić information content (AvgIpc) is 3.29. The number of benzene rings is 5. The third kappa shape index (κ3) is 15.8. The zero-order chi connectivity index (χ0) is 43.1. The van der Waals surface area contributed by atoms with Crippen LogP contribution in [0.2, 0.25) is 0 Å². The van der Waals surface area contributed by atoms with Gasteiger partial charge in [0.1, 0.15) is 29.8 Å². The van der Waals surface area contributed by atoms with Crippen molar-refractivity contribution in [3.05, 3.63) is 155 Å². The molecule has 5 rings (SSSR count). The van der Waals surface area contributed by atoms with Crippen LogP contribution in [0.3, 0.4) is 0 Å². The Balaban J connectivity index is 1.19. The molecule has 324 valence electrons. The summed E-state index contributed by atoms with van der Waals surface area (Å²) >= 11 is 0. The Bertz CT molecular complexity index is 2000. The Kier molecular flexibility index (Phi) is 19.9. The highest BCUT2D eigenvalue weighted by molar-refractivity contribution is 5.92. The molecule has 5 aromatic carbocycles. The first-order valence-corrected chi connectivity index (χ1v) is 22.1. The van der Waals surface area contributed by atoms with Crippen LogP contribution in [0.4, 0.5) is 0 Å². The van der Waals surface area contributed by atoms with Gasteiger partial charge in [0.05, 0.1) is 30.9 Å². The number of ether oxygens (including phenoxy) is 6. The van der Waals surface area contributed by atoms with E-state index in [-0.39, 0.29) is 19.1 Å². The van der Waals surface area contributed by atoms with Gasteiger partial charge in [0.2, 0.25) is 0 Å². The second-order valence-corrected chi connectivity index (χ2v) is 15.7. The summed E-state index contributed by atoms with van der Waals surface area (Å²) < 4.78 is 35.1. The molecule has 8 heteroatoms. The maximum Gasteiger partial charge on any atom is 0.343 e. The molecular formula is C53H64O8. The van der Waals surface area contributed by atoms with Gasteiger partial charge in [0.25, 0.3) is 0 Å². The van der Waals surface area contributed by atoms with Gasteiger partial charge in [-0.25, -0.2) is 9.59 Å². The molecule has 0 aromatic heterocycles. The molecule has 0 fully saturated rings. The van der Waals surface area contributed by atoms with Crippen LogP contribution in [0.25, 0.3) is 0 Å². The van der Waals surface area contributed by atoms with E-state index in [0.717, 1.165) is 57.8 Å². The zero-order valence-corrected chi connectivity index (χ0v) is 36.5. The lowest BCUT2D eigenvalue weighted by atomic mass is 9.79. The summed E-state index contributed by atoms with van der Waals surface area (Å²) in [6, 6.07) is 40.3. The SMILES string of the molecule is CCCCOc1ccc(C(=O)Oc2ccc(OC(=O)c3ccc(OCCCC)cc3)c(COCOCCCC(CC(C)c3ccccc3)CC(CC)c3ccccc3)c2)cc1. The quantitative estimate of drug-likeness (QED) is 0.0224. The van der Waals surface area contributed by atoms with Crippen molar-refractivity contribution in [3.63, 3.8) is 0 Å². The molecule has 0 saturated carbocycles. The summed E-state index contributed by atoms with van der Waals surface area (Å²) in [5, 5.41) is 0. The van der Waals surface area contributed by atoms with Gasteiger partial charge in [-0.3, -0.25) is 0 Å². The molecule has 0 aliphatic carbocycles. The monoisotopic (exact) mass is 828 g/mol. The van der Waals surface area contributed by atoms with E-state index in [1.54, 1.807) is 66.7 Å². The lowest BCUT2D eigenvalue weighted by molar-refractivity contribution is -0.0633. The molecule has 0 N–H and O–H groups in total.